The van der Waals surface area contributed by atoms with Crippen LogP contribution >= 0.6 is 0 Å². The normalized spacial score (nSPS) is 10.4. The first kappa shape index (κ1) is 16.7. The van der Waals surface area contributed by atoms with Crippen LogP contribution in [0.5, 0.6) is 0 Å². The molecule has 1 amide bonds. The number of nitrogens with zero attached hydrogens (tertiary/aromatic N) is 2. The molecule has 0 fully saturated rings. The van der Waals surface area contributed by atoms with E-state index in [9.17, 15) is 4.79 Å². The lowest BCUT2D eigenvalue weighted by atomic mass is 10.1. The van der Waals surface area contributed by atoms with Gasteiger partial charge in [0.25, 0.3) is 5.91 Å². The summed E-state index contributed by atoms with van der Waals surface area (Å²) in [6.07, 6.45) is 4.06. The zero-order chi connectivity index (χ0) is 17.5. The Hall–Kier alpha value is -3.15. The Bertz CT molecular complexity index is 813. The molecule has 0 unspecified atom stereocenters. The van der Waals surface area contributed by atoms with Crippen LogP contribution in [0.15, 0.2) is 59.4 Å². The predicted octanol–water partition coefficient (Wildman–Crippen LogP) is 3.28. The summed E-state index contributed by atoms with van der Waals surface area (Å²) < 4.78 is 5.24. The van der Waals surface area contributed by atoms with Crippen LogP contribution in [0.4, 0.5) is 5.82 Å². The van der Waals surface area contributed by atoms with Gasteiger partial charge in [-0.25, -0.2) is 4.98 Å². The van der Waals surface area contributed by atoms with Crippen molar-refractivity contribution in [2.75, 3.05) is 18.4 Å². The van der Waals surface area contributed by atoms with Gasteiger partial charge < -0.3 is 15.2 Å². The molecule has 1 aromatic carbocycles. The van der Waals surface area contributed by atoms with Crippen LogP contribution in [0.25, 0.3) is 11.3 Å². The van der Waals surface area contributed by atoms with Crippen molar-refractivity contribution in [3.63, 3.8) is 0 Å². The second kappa shape index (κ2) is 8.10. The minimum Gasteiger partial charge on any atom is -0.370 e. The molecular formula is C19H20N4O2. The van der Waals surface area contributed by atoms with Crippen molar-refractivity contribution in [3.8, 4) is 11.3 Å². The number of carbonyl (C=O) groups is 1. The van der Waals surface area contributed by atoms with Gasteiger partial charge in [-0.1, -0.05) is 41.6 Å². The molecule has 2 heterocycles. The average Bonchev–Trinajstić information content (AvgIpc) is 3.13. The number of benzene rings is 1. The summed E-state index contributed by atoms with van der Waals surface area (Å²) in [5, 5.41) is 9.87. The summed E-state index contributed by atoms with van der Waals surface area (Å²) in [5.74, 6) is 1.14. The lowest BCUT2D eigenvalue weighted by Crippen LogP contribution is -2.26. The fraction of sp³-hybridized carbons (Fsp3) is 0.211. The molecule has 2 aromatic heterocycles. The monoisotopic (exact) mass is 336 g/mol. The van der Waals surface area contributed by atoms with Gasteiger partial charge in [0.05, 0.1) is 6.20 Å². The summed E-state index contributed by atoms with van der Waals surface area (Å²) in [5.41, 5.74) is 2.40. The number of aromatic nitrogens is 2. The van der Waals surface area contributed by atoms with Crippen LogP contribution in [0.3, 0.4) is 0 Å². The summed E-state index contributed by atoms with van der Waals surface area (Å²) in [6.45, 7) is 3.28. The van der Waals surface area contributed by atoms with Crippen molar-refractivity contribution in [3.05, 3.63) is 66.0 Å². The molecule has 3 aromatic rings. The van der Waals surface area contributed by atoms with E-state index in [2.05, 4.69) is 20.8 Å². The van der Waals surface area contributed by atoms with Crippen LogP contribution in [0.1, 0.15) is 22.3 Å². The van der Waals surface area contributed by atoms with E-state index in [0.717, 1.165) is 29.9 Å². The lowest BCUT2D eigenvalue weighted by molar-refractivity contribution is 0.0954. The summed E-state index contributed by atoms with van der Waals surface area (Å²) >= 11 is 0. The van der Waals surface area contributed by atoms with E-state index < -0.39 is 0 Å². The molecule has 0 bridgehead atoms. The van der Waals surface area contributed by atoms with Crippen LogP contribution in [-0.2, 0) is 0 Å². The van der Waals surface area contributed by atoms with Crippen molar-refractivity contribution in [1.82, 2.24) is 15.5 Å². The van der Waals surface area contributed by atoms with Gasteiger partial charge in [0.15, 0.2) is 5.76 Å². The van der Waals surface area contributed by atoms with E-state index in [1.165, 1.54) is 6.20 Å². The Labute approximate surface area is 146 Å². The smallest absolute Gasteiger partial charge is 0.256 e. The highest BCUT2D eigenvalue weighted by atomic mass is 16.5. The van der Waals surface area contributed by atoms with Crippen molar-refractivity contribution < 1.29 is 9.32 Å². The van der Waals surface area contributed by atoms with Crippen LogP contribution in [0, 0.1) is 6.92 Å². The van der Waals surface area contributed by atoms with Crippen molar-refractivity contribution in [1.29, 1.82) is 0 Å². The average molecular weight is 336 g/mol. The maximum atomic E-state index is 12.3. The number of hydrogen-bond donors (Lipinski definition) is 2. The van der Waals surface area contributed by atoms with Crippen LogP contribution in [-0.4, -0.2) is 29.1 Å². The third kappa shape index (κ3) is 4.44. The van der Waals surface area contributed by atoms with Gasteiger partial charge in [-0.2, -0.15) is 0 Å². The first-order valence-corrected chi connectivity index (χ1v) is 8.19. The zero-order valence-electron chi connectivity index (χ0n) is 14.0. The Morgan fingerprint density at radius 3 is 2.68 bits per heavy atom. The largest absolute Gasteiger partial charge is 0.370 e. The fourth-order valence-corrected chi connectivity index (χ4v) is 2.37. The maximum absolute atomic E-state index is 12.3. The lowest BCUT2D eigenvalue weighted by Gasteiger charge is -2.07. The van der Waals surface area contributed by atoms with Crippen LogP contribution in [0.2, 0.25) is 0 Å². The molecule has 0 aliphatic rings. The highest BCUT2D eigenvalue weighted by Crippen LogP contribution is 2.22. The molecule has 128 valence electrons. The maximum Gasteiger partial charge on any atom is 0.256 e. The number of nitrogens with one attached hydrogen (secondary N) is 2. The SMILES string of the molecule is Cc1ccc(NCCCNC(=O)c2cnoc2-c2ccccc2)nc1. The van der Waals surface area contributed by atoms with Gasteiger partial charge >= 0.3 is 0 Å². The summed E-state index contributed by atoms with van der Waals surface area (Å²) in [7, 11) is 0. The molecule has 6 heteroatoms. The van der Waals surface area contributed by atoms with E-state index in [1.807, 2.05) is 55.6 Å². The predicted molar refractivity (Wildman–Crippen MR) is 96.4 cm³/mol. The Morgan fingerprint density at radius 1 is 1.08 bits per heavy atom. The standard InChI is InChI=1S/C19H20N4O2/c1-14-8-9-17(22-12-14)20-10-5-11-21-19(24)16-13-23-25-18(16)15-6-3-2-4-7-15/h2-4,6-9,12-13H,5,10-11H2,1H3,(H,20,22)(H,21,24). The number of aryl methyl sites for hydroxylation is 1. The number of anilines is 1. The molecule has 6 nitrogen and oxygen atoms in total. The fourth-order valence-electron chi connectivity index (χ4n) is 2.37. The van der Waals surface area contributed by atoms with Crippen LogP contribution < -0.4 is 10.6 Å². The highest BCUT2D eigenvalue weighted by molar-refractivity contribution is 5.99. The number of amides is 1. The molecule has 0 spiro atoms. The van der Waals surface area contributed by atoms with E-state index in [0.29, 0.717) is 17.9 Å². The number of pyridine rings is 1. The third-order valence-electron chi connectivity index (χ3n) is 3.71. The van der Waals surface area contributed by atoms with Crippen molar-refractivity contribution in [2.24, 2.45) is 0 Å². The topological polar surface area (TPSA) is 80.0 Å². The Balaban J connectivity index is 1.47. The van der Waals surface area contributed by atoms with Gasteiger partial charge in [-0.15, -0.1) is 0 Å². The Kier molecular flexibility index (Phi) is 5.41. The molecule has 25 heavy (non-hydrogen) atoms. The van der Waals surface area contributed by atoms with E-state index in [1.54, 1.807) is 0 Å². The van der Waals surface area contributed by atoms with Crippen molar-refractivity contribution >= 4 is 11.7 Å². The van der Waals surface area contributed by atoms with Gasteiger partial charge in [0.1, 0.15) is 11.4 Å². The van der Waals surface area contributed by atoms with E-state index in [-0.39, 0.29) is 5.91 Å². The molecule has 0 aliphatic carbocycles. The molecular weight excluding hydrogens is 316 g/mol. The van der Waals surface area contributed by atoms with Gasteiger partial charge in [-0.3, -0.25) is 4.79 Å². The molecule has 2 N–H and O–H groups in total. The Morgan fingerprint density at radius 2 is 1.92 bits per heavy atom. The molecule has 0 saturated heterocycles. The first-order chi connectivity index (χ1) is 12.2. The minimum absolute atomic E-state index is 0.187. The number of carbonyl (C=O) groups excluding carboxylic acids is 1. The molecule has 3 rings (SSSR count). The number of rotatable bonds is 7. The highest BCUT2D eigenvalue weighted by Gasteiger charge is 2.17. The zero-order valence-corrected chi connectivity index (χ0v) is 14.0. The molecule has 0 atom stereocenters. The van der Waals surface area contributed by atoms with E-state index in [4.69, 9.17) is 4.52 Å². The van der Waals surface area contributed by atoms with Gasteiger partial charge in [0.2, 0.25) is 0 Å². The van der Waals surface area contributed by atoms with Gasteiger partial charge in [0, 0.05) is 24.8 Å². The molecule has 0 aliphatic heterocycles. The third-order valence-corrected chi connectivity index (χ3v) is 3.71. The number of hydrogen-bond acceptors (Lipinski definition) is 5. The first-order valence-electron chi connectivity index (χ1n) is 8.19. The summed E-state index contributed by atoms with van der Waals surface area (Å²) in [4.78, 5) is 16.6. The quantitative estimate of drug-likeness (QED) is 0.647. The van der Waals surface area contributed by atoms with Crippen molar-refractivity contribution in [2.45, 2.75) is 13.3 Å². The second-order valence-electron chi connectivity index (χ2n) is 5.69. The summed E-state index contributed by atoms with van der Waals surface area (Å²) in [6, 6.07) is 13.4. The molecule has 0 radical (unpaired) electrons. The second-order valence-corrected chi connectivity index (χ2v) is 5.69. The molecule has 0 saturated carbocycles. The van der Waals surface area contributed by atoms with Gasteiger partial charge in [-0.05, 0) is 25.0 Å². The minimum atomic E-state index is -0.187. The van der Waals surface area contributed by atoms with E-state index >= 15 is 0 Å².